The van der Waals surface area contributed by atoms with Crippen LogP contribution < -0.4 is 4.57 Å². The van der Waals surface area contributed by atoms with Crippen LogP contribution in [0.5, 0.6) is 0 Å². The molecule has 1 aliphatic carbocycles. The molecule has 0 spiro atoms. The summed E-state index contributed by atoms with van der Waals surface area (Å²) in [6.07, 6.45) is 3.27. The molecule has 1 aliphatic rings. The van der Waals surface area contributed by atoms with Crippen LogP contribution in [0.1, 0.15) is 37.6 Å². The summed E-state index contributed by atoms with van der Waals surface area (Å²) in [4.78, 5) is 0. The first kappa shape index (κ1) is 11.5. The third-order valence-corrected chi connectivity index (χ3v) is 3.81. The highest BCUT2D eigenvalue weighted by atomic mass is 14.9. The molecule has 1 aromatic heterocycles. The first-order chi connectivity index (χ1) is 8.48. The second-order valence-corrected chi connectivity index (χ2v) is 6.25. The van der Waals surface area contributed by atoms with Crippen LogP contribution in [0.25, 0.3) is 11.1 Å². The van der Waals surface area contributed by atoms with E-state index in [9.17, 15) is 0 Å². The van der Waals surface area contributed by atoms with Gasteiger partial charge in [0, 0.05) is 23.5 Å². The van der Waals surface area contributed by atoms with Gasteiger partial charge in [0.1, 0.15) is 7.05 Å². The Hall–Kier alpha value is -1.63. The van der Waals surface area contributed by atoms with Gasteiger partial charge in [0.15, 0.2) is 11.9 Å². The molecule has 0 saturated carbocycles. The fourth-order valence-corrected chi connectivity index (χ4v) is 3.24. The molecular formula is C17H20N+. The highest BCUT2D eigenvalue weighted by Crippen LogP contribution is 2.39. The Labute approximate surface area is 109 Å². The van der Waals surface area contributed by atoms with Gasteiger partial charge in [0.25, 0.3) is 0 Å². The Kier molecular flexibility index (Phi) is 2.34. The van der Waals surface area contributed by atoms with Gasteiger partial charge in [-0.15, -0.1) is 0 Å². The number of fused-ring (bicyclic) bond motifs is 3. The van der Waals surface area contributed by atoms with Crippen molar-refractivity contribution in [1.82, 2.24) is 0 Å². The van der Waals surface area contributed by atoms with E-state index in [1.54, 1.807) is 0 Å². The first-order valence-electron chi connectivity index (χ1n) is 6.59. The second kappa shape index (κ2) is 3.68. The molecule has 92 valence electrons. The topological polar surface area (TPSA) is 3.88 Å². The maximum Gasteiger partial charge on any atom is 0.190 e. The normalized spacial score (nSPS) is 13.3. The molecule has 0 amide bonds. The molecule has 1 aromatic carbocycles. The first-order valence-corrected chi connectivity index (χ1v) is 6.59. The smallest absolute Gasteiger partial charge is 0.190 e. The van der Waals surface area contributed by atoms with E-state index >= 15 is 0 Å². The zero-order valence-corrected chi connectivity index (χ0v) is 11.6. The van der Waals surface area contributed by atoms with Crippen molar-refractivity contribution in [2.24, 2.45) is 7.05 Å². The van der Waals surface area contributed by atoms with E-state index in [1.165, 1.54) is 27.9 Å². The van der Waals surface area contributed by atoms with Gasteiger partial charge in [-0.2, -0.15) is 0 Å². The Balaban J connectivity index is 2.29. The molecule has 2 aromatic rings. The molecule has 18 heavy (non-hydrogen) atoms. The number of hydrogen-bond donors (Lipinski definition) is 0. The van der Waals surface area contributed by atoms with Gasteiger partial charge < -0.3 is 0 Å². The third kappa shape index (κ3) is 1.58. The number of aromatic nitrogens is 1. The van der Waals surface area contributed by atoms with Crippen molar-refractivity contribution in [3.8, 4) is 11.1 Å². The number of nitrogens with zero attached hydrogens (tertiary/aromatic N) is 1. The van der Waals surface area contributed by atoms with Crippen LogP contribution in [0.3, 0.4) is 0 Å². The minimum Gasteiger partial charge on any atom is -0.204 e. The fourth-order valence-electron chi connectivity index (χ4n) is 3.24. The molecule has 0 aliphatic heterocycles. The van der Waals surface area contributed by atoms with Gasteiger partial charge in [-0.3, -0.25) is 0 Å². The molecule has 1 heteroatoms. The van der Waals surface area contributed by atoms with Crippen molar-refractivity contribution >= 4 is 0 Å². The lowest BCUT2D eigenvalue weighted by Crippen LogP contribution is -2.40. The lowest BCUT2D eigenvalue weighted by Gasteiger charge is -2.18. The molecule has 0 saturated heterocycles. The number of rotatable bonds is 0. The molecule has 3 rings (SSSR count). The molecular weight excluding hydrogens is 218 g/mol. The van der Waals surface area contributed by atoms with Crippen molar-refractivity contribution in [2.75, 3.05) is 0 Å². The van der Waals surface area contributed by atoms with Crippen molar-refractivity contribution in [3.63, 3.8) is 0 Å². The van der Waals surface area contributed by atoms with Crippen molar-refractivity contribution in [1.29, 1.82) is 0 Å². The third-order valence-electron chi connectivity index (χ3n) is 3.81. The number of benzene rings is 1. The highest BCUT2D eigenvalue weighted by Gasteiger charge is 2.33. The van der Waals surface area contributed by atoms with Crippen LogP contribution >= 0.6 is 0 Å². The lowest BCUT2D eigenvalue weighted by atomic mass is 9.86. The van der Waals surface area contributed by atoms with Crippen LogP contribution in [0.15, 0.2) is 36.5 Å². The summed E-state index contributed by atoms with van der Waals surface area (Å²) >= 11 is 0. The summed E-state index contributed by atoms with van der Waals surface area (Å²) in [5.41, 5.74) is 7.45. The molecule has 0 fully saturated rings. The van der Waals surface area contributed by atoms with Gasteiger partial charge in [-0.05, 0) is 16.7 Å². The predicted molar refractivity (Wildman–Crippen MR) is 74.6 cm³/mol. The number of pyridine rings is 1. The zero-order chi connectivity index (χ0) is 12.9. The van der Waals surface area contributed by atoms with E-state index in [-0.39, 0.29) is 5.41 Å². The van der Waals surface area contributed by atoms with Crippen LogP contribution in [0, 0.1) is 0 Å². The standard InChI is InChI=1S/C17H20N/c1-17(2,3)16-15-11-12-7-5-6-8-13(12)14(15)9-10-18(16)4/h5-10H,11H2,1-4H3/q+1. The maximum absolute atomic E-state index is 2.30. The monoisotopic (exact) mass is 238 g/mol. The largest absolute Gasteiger partial charge is 0.204 e. The van der Waals surface area contributed by atoms with Crippen molar-refractivity contribution in [2.45, 2.75) is 32.6 Å². The maximum atomic E-state index is 2.30. The van der Waals surface area contributed by atoms with Crippen molar-refractivity contribution < 1.29 is 4.57 Å². The van der Waals surface area contributed by atoms with E-state index in [0.29, 0.717) is 0 Å². The Morgan fingerprint density at radius 1 is 1.00 bits per heavy atom. The summed E-state index contributed by atoms with van der Waals surface area (Å²) in [5, 5.41) is 0. The second-order valence-electron chi connectivity index (χ2n) is 6.25. The Morgan fingerprint density at radius 2 is 1.72 bits per heavy atom. The van der Waals surface area contributed by atoms with Gasteiger partial charge >= 0.3 is 0 Å². The number of hydrogen-bond acceptors (Lipinski definition) is 0. The van der Waals surface area contributed by atoms with E-state index in [0.717, 1.165) is 6.42 Å². The number of aryl methyl sites for hydroxylation is 1. The molecule has 0 unspecified atom stereocenters. The summed E-state index contributed by atoms with van der Waals surface area (Å²) < 4.78 is 2.28. The minimum absolute atomic E-state index is 0.183. The van der Waals surface area contributed by atoms with Gasteiger partial charge in [-0.1, -0.05) is 45.0 Å². The lowest BCUT2D eigenvalue weighted by molar-refractivity contribution is -0.682. The summed E-state index contributed by atoms with van der Waals surface area (Å²) in [7, 11) is 2.16. The summed E-state index contributed by atoms with van der Waals surface area (Å²) in [6, 6.07) is 11.0. The van der Waals surface area contributed by atoms with Crippen LogP contribution in [-0.4, -0.2) is 0 Å². The minimum atomic E-state index is 0.183. The zero-order valence-electron chi connectivity index (χ0n) is 11.6. The predicted octanol–water partition coefficient (Wildman–Crippen LogP) is 3.38. The van der Waals surface area contributed by atoms with Crippen LogP contribution in [-0.2, 0) is 18.9 Å². The molecule has 1 heterocycles. The highest BCUT2D eigenvalue weighted by molar-refractivity contribution is 5.76. The molecule has 0 atom stereocenters. The molecule has 0 radical (unpaired) electrons. The summed E-state index contributed by atoms with van der Waals surface area (Å²) in [6.45, 7) is 6.89. The van der Waals surface area contributed by atoms with E-state index in [4.69, 9.17) is 0 Å². The average Bonchev–Trinajstić information content (AvgIpc) is 2.64. The summed E-state index contributed by atoms with van der Waals surface area (Å²) in [5.74, 6) is 0. The van der Waals surface area contributed by atoms with Gasteiger partial charge in [-0.25, -0.2) is 4.57 Å². The van der Waals surface area contributed by atoms with Crippen molar-refractivity contribution in [3.05, 3.63) is 53.3 Å². The molecule has 1 nitrogen and oxygen atoms in total. The van der Waals surface area contributed by atoms with Crippen LogP contribution in [0.2, 0.25) is 0 Å². The van der Waals surface area contributed by atoms with E-state index in [2.05, 4.69) is 68.9 Å². The molecule has 0 N–H and O–H groups in total. The van der Waals surface area contributed by atoms with E-state index in [1.807, 2.05) is 0 Å². The van der Waals surface area contributed by atoms with Gasteiger partial charge in [0.2, 0.25) is 0 Å². The molecule has 0 bridgehead atoms. The SMILES string of the molecule is C[n+]1ccc2c(c1C(C)(C)C)Cc1ccccc1-2. The van der Waals surface area contributed by atoms with Gasteiger partial charge in [0.05, 0.1) is 0 Å². The quantitative estimate of drug-likeness (QED) is 0.529. The average molecular weight is 238 g/mol. The Morgan fingerprint density at radius 3 is 2.44 bits per heavy atom. The Bertz CT molecular complexity index is 618. The fraction of sp³-hybridized carbons (Fsp3) is 0.353. The van der Waals surface area contributed by atoms with Crippen LogP contribution in [0.4, 0.5) is 0 Å². The van der Waals surface area contributed by atoms with E-state index < -0.39 is 0 Å².